The Balaban J connectivity index is 1.57. The number of benzene rings is 2. The fourth-order valence-electron chi connectivity index (χ4n) is 4.12. The first-order chi connectivity index (χ1) is 18.3. The lowest BCUT2D eigenvalue weighted by Crippen LogP contribution is -2.49. The zero-order valence-electron chi connectivity index (χ0n) is 22.3. The van der Waals surface area contributed by atoms with Crippen LogP contribution in [0.25, 0.3) is 0 Å². The highest BCUT2D eigenvalue weighted by molar-refractivity contribution is 6.30. The summed E-state index contributed by atoms with van der Waals surface area (Å²) in [5.74, 6) is -1.01. The largest absolute Gasteiger partial charge is 0.466 e. The van der Waals surface area contributed by atoms with E-state index in [9.17, 15) is 14.4 Å². The minimum atomic E-state index is -0.609. The number of amides is 2. The molecule has 2 aromatic carbocycles. The van der Waals surface area contributed by atoms with Gasteiger partial charge in [-0.3, -0.25) is 14.5 Å². The van der Waals surface area contributed by atoms with E-state index in [-0.39, 0.29) is 17.9 Å². The molecule has 204 valence electrons. The van der Waals surface area contributed by atoms with Crippen molar-refractivity contribution >= 4 is 35.1 Å². The third-order valence-corrected chi connectivity index (χ3v) is 6.56. The number of nitrogens with zero attached hydrogens (tertiary/aromatic N) is 3. The first-order valence-corrected chi connectivity index (χ1v) is 13.2. The van der Waals surface area contributed by atoms with Gasteiger partial charge in [0.1, 0.15) is 0 Å². The van der Waals surface area contributed by atoms with Gasteiger partial charge >= 0.3 is 5.97 Å². The molecule has 2 amide bonds. The van der Waals surface area contributed by atoms with Crippen LogP contribution in [0.2, 0.25) is 5.02 Å². The normalized spacial score (nSPS) is 14.2. The molecule has 0 radical (unpaired) electrons. The standard InChI is InChI=1S/C29H36ClN3O5/c1-22(2)38-21-20-33(27(34)12-13-28(35)37-3)26-10-6-24(7-11-26)29(36)32-18-16-31(17-19-32)15-14-23-4-8-25(30)9-5-23/h4-13,22H,14-21H2,1-3H3/b13-12-. The molecule has 0 saturated carbocycles. The number of carbonyl (C=O) groups is 3. The Hall–Kier alpha value is -3.20. The second kappa shape index (κ2) is 14.7. The van der Waals surface area contributed by atoms with E-state index in [4.69, 9.17) is 16.3 Å². The topological polar surface area (TPSA) is 79.4 Å². The molecule has 1 heterocycles. The molecule has 0 N–H and O–H groups in total. The van der Waals surface area contributed by atoms with Crippen LogP contribution < -0.4 is 4.90 Å². The summed E-state index contributed by atoms with van der Waals surface area (Å²) < 4.78 is 10.2. The summed E-state index contributed by atoms with van der Waals surface area (Å²) in [7, 11) is 1.25. The van der Waals surface area contributed by atoms with E-state index >= 15 is 0 Å². The van der Waals surface area contributed by atoms with E-state index in [0.717, 1.165) is 37.2 Å². The van der Waals surface area contributed by atoms with Crippen LogP contribution in [-0.4, -0.2) is 86.7 Å². The molecule has 9 heteroatoms. The number of methoxy groups -OCH3 is 1. The molecule has 2 aromatic rings. The van der Waals surface area contributed by atoms with Gasteiger partial charge in [-0.2, -0.15) is 0 Å². The van der Waals surface area contributed by atoms with Crippen molar-refractivity contribution in [3.8, 4) is 0 Å². The zero-order chi connectivity index (χ0) is 27.5. The average molecular weight is 542 g/mol. The summed E-state index contributed by atoms with van der Waals surface area (Å²) in [5, 5.41) is 0.740. The Labute approximate surface area is 229 Å². The maximum Gasteiger partial charge on any atom is 0.330 e. The van der Waals surface area contributed by atoms with E-state index in [1.807, 2.05) is 43.0 Å². The predicted molar refractivity (Wildman–Crippen MR) is 149 cm³/mol. The fraction of sp³-hybridized carbons (Fsp3) is 0.414. The van der Waals surface area contributed by atoms with Crippen LogP contribution in [0.15, 0.2) is 60.7 Å². The Kier molecular flexibility index (Phi) is 11.3. The lowest BCUT2D eigenvalue weighted by atomic mass is 10.1. The van der Waals surface area contributed by atoms with Gasteiger partial charge in [-0.25, -0.2) is 4.79 Å². The number of esters is 1. The van der Waals surface area contributed by atoms with Crippen LogP contribution in [0.4, 0.5) is 5.69 Å². The molecular weight excluding hydrogens is 506 g/mol. The van der Waals surface area contributed by atoms with Crippen molar-refractivity contribution in [2.45, 2.75) is 26.4 Å². The molecule has 38 heavy (non-hydrogen) atoms. The maximum absolute atomic E-state index is 13.1. The van der Waals surface area contributed by atoms with Crippen LogP contribution >= 0.6 is 11.6 Å². The number of halogens is 1. The lowest BCUT2D eigenvalue weighted by Gasteiger charge is -2.35. The Bertz CT molecular complexity index is 1090. The summed E-state index contributed by atoms with van der Waals surface area (Å²) in [5.41, 5.74) is 2.43. The van der Waals surface area contributed by atoms with E-state index in [0.29, 0.717) is 37.5 Å². The quantitative estimate of drug-likeness (QED) is 0.318. The SMILES string of the molecule is COC(=O)/C=C\C(=O)N(CCOC(C)C)c1ccc(C(=O)N2CCN(CCc3ccc(Cl)cc3)CC2)cc1. The number of rotatable bonds is 11. The number of ether oxygens (including phenoxy) is 2. The van der Waals surface area contributed by atoms with E-state index in [1.165, 1.54) is 23.6 Å². The molecule has 8 nitrogen and oxygen atoms in total. The van der Waals surface area contributed by atoms with Crippen LogP contribution in [0, 0.1) is 0 Å². The molecule has 0 unspecified atom stereocenters. The van der Waals surface area contributed by atoms with Gasteiger partial charge in [-0.1, -0.05) is 23.7 Å². The lowest BCUT2D eigenvalue weighted by molar-refractivity contribution is -0.135. The predicted octanol–water partition coefficient (Wildman–Crippen LogP) is 3.83. The number of hydrogen-bond acceptors (Lipinski definition) is 6. The van der Waals surface area contributed by atoms with Crippen molar-refractivity contribution in [1.29, 1.82) is 0 Å². The second-order valence-corrected chi connectivity index (χ2v) is 9.76. The van der Waals surface area contributed by atoms with Crippen molar-refractivity contribution < 1.29 is 23.9 Å². The molecule has 0 spiro atoms. The highest BCUT2D eigenvalue weighted by Gasteiger charge is 2.22. The maximum atomic E-state index is 13.1. The summed E-state index contributed by atoms with van der Waals surface area (Å²) in [6, 6.07) is 14.9. The summed E-state index contributed by atoms with van der Waals surface area (Å²) in [6.07, 6.45) is 3.23. The molecule has 0 aliphatic carbocycles. The number of hydrogen-bond donors (Lipinski definition) is 0. The van der Waals surface area contributed by atoms with Crippen molar-refractivity contribution in [1.82, 2.24) is 9.80 Å². The highest BCUT2D eigenvalue weighted by atomic mass is 35.5. The van der Waals surface area contributed by atoms with Crippen LogP contribution in [0.5, 0.6) is 0 Å². The zero-order valence-corrected chi connectivity index (χ0v) is 23.0. The number of piperazine rings is 1. The first-order valence-electron chi connectivity index (χ1n) is 12.8. The van der Waals surface area contributed by atoms with Gasteiger partial charge in [0.25, 0.3) is 11.8 Å². The van der Waals surface area contributed by atoms with Crippen LogP contribution in [0.1, 0.15) is 29.8 Å². The van der Waals surface area contributed by atoms with E-state index in [2.05, 4.69) is 9.64 Å². The third kappa shape index (κ3) is 8.97. The number of carbonyl (C=O) groups excluding carboxylic acids is 3. The molecule has 1 saturated heterocycles. The molecule has 1 aliphatic heterocycles. The Morgan fingerprint density at radius 3 is 2.24 bits per heavy atom. The molecule has 3 rings (SSSR count). The minimum Gasteiger partial charge on any atom is -0.466 e. The number of anilines is 1. The molecular formula is C29H36ClN3O5. The van der Waals surface area contributed by atoms with Gasteiger partial charge in [0.15, 0.2) is 0 Å². The van der Waals surface area contributed by atoms with Gasteiger partial charge in [-0.15, -0.1) is 0 Å². The highest BCUT2D eigenvalue weighted by Crippen LogP contribution is 2.18. The second-order valence-electron chi connectivity index (χ2n) is 9.32. The van der Waals surface area contributed by atoms with E-state index in [1.54, 1.807) is 24.3 Å². The van der Waals surface area contributed by atoms with Crippen LogP contribution in [-0.2, 0) is 25.5 Å². The summed E-state index contributed by atoms with van der Waals surface area (Å²) in [6.45, 7) is 8.38. The molecule has 1 fully saturated rings. The van der Waals surface area contributed by atoms with Crippen molar-refractivity contribution in [3.05, 3.63) is 76.8 Å². The van der Waals surface area contributed by atoms with E-state index < -0.39 is 5.97 Å². The van der Waals surface area contributed by atoms with Crippen molar-refractivity contribution in [2.24, 2.45) is 0 Å². The van der Waals surface area contributed by atoms with Gasteiger partial charge in [0, 0.05) is 67.7 Å². The summed E-state index contributed by atoms with van der Waals surface area (Å²) in [4.78, 5) is 43.1. The smallest absolute Gasteiger partial charge is 0.330 e. The van der Waals surface area contributed by atoms with Crippen molar-refractivity contribution in [3.63, 3.8) is 0 Å². The van der Waals surface area contributed by atoms with Crippen LogP contribution in [0.3, 0.4) is 0 Å². The first kappa shape index (κ1) is 29.4. The molecule has 0 aromatic heterocycles. The van der Waals surface area contributed by atoms with Gasteiger partial charge < -0.3 is 19.3 Å². The Morgan fingerprint density at radius 2 is 1.63 bits per heavy atom. The van der Waals surface area contributed by atoms with Gasteiger partial charge in [0.05, 0.1) is 19.8 Å². The monoisotopic (exact) mass is 541 g/mol. The average Bonchev–Trinajstić information content (AvgIpc) is 2.93. The summed E-state index contributed by atoms with van der Waals surface area (Å²) >= 11 is 5.96. The van der Waals surface area contributed by atoms with Crippen molar-refractivity contribution in [2.75, 3.05) is 57.9 Å². The molecule has 0 atom stereocenters. The fourth-order valence-corrected chi connectivity index (χ4v) is 4.25. The molecule has 1 aliphatic rings. The third-order valence-electron chi connectivity index (χ3n) is 6.31. The van der Waals surface area contributed by atoms with Gasteiger partial charge in [0.2, 0.25) is 0 Å². The van der Waals surface area contributed by atoms with Gasteiger partial charge in [-0.05, 0) is 62.2 Å². The minimum absolute atomic E-state index is 0.0236. The Morgan fingerprint density at radius 1 is 0.974 bits per heavy atom. The molecule has 0 bridgehead atoms.